The fraction of sp³-hybridized carbons (Fsp3) is 0.350. The van der Waals surface area contributed by atoms with Gasteiger partial charge in [0.1, 0.15) is 0 Å². The first-order valence-corrected chi connectivity index (χ1v) is 8.49. The van der Waals surface area contributed by atoms with Crippen LogP contribution in [0, 0.1) is 0 Å². The molecule has 0 spiro atoms. The van der Waals surface area contributed by atoms with Crippen molar-refractivity contribution in [3.05, 3.63) is 59.4 Å². The van der Waals surface area contributed by atoms with E-state index in [-0.39, 0.29) is 17.7 Å². The Bertz CT molecular complexity index is 783. The van der Waals surface area contributed by atoms with E-state index in [0.717, 1.165) is 12.8 Å². The molecule has 24 heavy (non-hydrogen) atoms. The Kier molecular flexibility index (Phi) is 4.74. The molecule has 4 heteroatoms. The summed E-state index contributed by atoms with van der Waals surface area (Å²) < 4.78 is 1.97. The van der Waals surface area contributed by atoms with Crippen LogP contribution in [-0.2, 0) is 17.6 Å². The quantitative estimate of drug-likeness (QED) is 0.693. The smallest absolute Gasteiger partial charge is 0.293 e. The number of aromatic nitrogens is 1. The van der Waals surface area contributed by atoms with Gasteiger partial charge in [-0.1, -0.05) is 12.1 Å². The predicted molar refractivity (Wildman–Crippen MR) is 93.1 cm³/mol. The maximum atomic E-state index is 12.5. The number of rotatable bonds is 4. The maximum Gasteiger partial charge on any atom is 0.293 e. The number of hydrogen-bond donors (Lipinski definition) is 1. The van der Waals surface area contributed by atoms with Gasteiger partial charge in [0.15, 0.2) is 18.2 Å². The maximum absolute atomic E-state index is 12.5. The van der Waals surface area contributed by atoms with Gasteiger partial charge in [0.05, 0.1) is 0 Å². The molecule has 0 bridgehead atoms. The number of amides is 1. The van der Waals surface area contributed by atoms with Crippen LogP contribution in [0.15, 0.2) is 42.7 Å². The van der Waals surface area contributed by atoms with E-state index in [2.05, 4.69) is 17.6 Å². The Hall–Kier alpha value is -2.49. The molecule has 0 radical (unpaired) electrons. The minimum Gasteiger partial charge on any atom is -0.320 e. The SMILES string of the molecule is CC(=O)c1cccc(NC(=O)[C@H](C)[n+]2ccc3c(c2)CCCC3)c1. The summed E-state index contributed by atoms with van der Waals surface area (Å²) >= 11 is 0. The number of hydrogen-bond acceptors (Lipinski definition) is 2. The van der Waals surface area contributed by atoms with Gasteiger partial charge in [-0.05, 0) is 50.3 Å². The van der Waals surface area contributed by atoms with E-state index >= 15 is 0 Å². The van der Waals surface area contributed by atoms with E-state index < -0.39 is 0 Å². The number of Topliss-reactive ketones (excluding diaryl/α,β-unsaturated/α-hetero) is 1. The van der Waals surface area contributed by atoms with Crippen molar-refractivity contribution in [1.29, 1.82) is 0 Å². The van der Waals surface area contributed by atoms with Crippen LogP contribution in [0.5, 0.6) is 0 Å². The van der Waals surface area contributed by atoms with Crippen LogP contribution < -0.4 is 9.88 Å². The molecule has 1 aromatic carbocycles. The lowest BCUT2D eigenvalue weighted by atomic mass is 9.93. The van der Waals surface area contributed by atoms with Crippen molar-refractivity contribution in [3.63, 3.8) is 0 Å². The third-order valence-corrected chi connectivity index (χ3v) is 4.67. The molecular formula is C20H23N2O2+. The number of ketones is 1. The normalized spacial score (nSPS) is 14.6. The van der Waals surface area contributed by atoms with Crippen molar-refractivity contribution in [3.8, 4) is 0 Å². The number of anilines is 1. The van der Waals surface area contributed by atoms with Crippen LogP contribution in [0.2, 0.25) is 0 Å². The molecule has 0 aliphatic heterocycles. The van der Waals surface area contributed by atoms with E-state index in [1.54, 1.807) is 24.3 Å². The first-order valence-electron chi connectivity index (χ1n) is 8.49. The van der Waals surface area contributed by atoms with Gasteiger partial charge < -0.3 is 5.32 Å². The second-order valence-corrected chi connectivity index (χ2v) is 6.45. The highest BCUT2D eigenvalue weighted by Crippen LogP contribution is 2.19. The van der Waals surface area contributed by atoms with Crippen molar-refractivity contribution in [2.45, 2.75) is 45.6 Å². The van der Waals surface area contributed by atoms with Crippen LogP contribution >= 0.6 is 0 Å². The monoisotopic (exact) mass is 323 g/mol. The van der Waals surface area contributed by atoms with Gasteiger partial charge in [-0.3, -0.25) is 9.59 Å². The Morgan fingerprint density at radius 1 is 1.12 bits per heavy atom. The highest BCUT2D eigenvalue weighted by molar-refractivity contribution is 5.97. The van der Waals surface area contributed by atoms with Crippen molar-refractivity contribution in [2.24, 2.45) is 0 Å². The lowest BCUT2D eigenvalue weighted by Gasteiger charge is -2.15. The molecule has 1 N–H and O–H groups in total. The Labute approximate surface area is 142 Å². The highest BCUT2D eigenvalue weighted by atomic mass is 16.2. The lowest BCUT2D eigenvalue weighted by Crippen LogP contribution is -2.44. The molecule has 1 aliphatic carbocycles. The summed E-state index contributed by atoms with van der Waals surface area (Å²) in [6.07, 6.45) is 8.78. The molecule has 1 heterocycles. The molecule has 1 aromatic heterocycles. The summed E-state index contributed by atoms with van der Waals surface area (Å²) in [5.41, 5.74) is 4.00. The predicted octanol–water partition coefficient (Wildman–Crippen LogP) is 3.26. The van der Waals surface area contributed by atoms with E-state index in [4.69, 9.17) is 0 Å². The first kappa shape index (κ1) is 16.4. The summed E-state index contributed by atoms with van der Waals surface area (Å²) in [6.45, 7) is 3.41. The second kappa shape index (κ2) is 6.95. The minimum absolute atomic E-state index is 0.0109. The van der Waals surface area contributed by atoms with Gasteiger partial charge in [-0.15, -0.1) is 0 Å². The first-order chi connectivity index (χ1) is 11.5. The van der Waals surface area contributed by atoms with Crippen LogP contribution in [0.1, 0.15) is 54.2 Å². The average Bonchev–Trinajstić information content (AvgIpc) is 2.60. The van der Waals surface area contributed by atoms with Crippen LogP contribution in [-0.4, -0.2) is 11.7 Å². The lowest BCUT2D eigenvalue weighted by molar-refractivity contribution is -0.706. The number of nitrogens with zero attached hydrogens (tertiary/aromatic N) is 1. The molecule has 1 atom stereocenters. The summed E-state index contributed by atoms with van der Waals surface area (Å²) in [6, 6.07) is 8.87. The fourth-order valence-electron chi connectivity index (χ4n) is 3.13. The van der Waals surface area contributed by atoms with E-state index in [9.17, 15) is 9.59 Å². The summed E-state index contributed by atoms with van der Waals surface area (Å²) in [5.74, 6) is -0.0975. The number of carbonyl (C=O) groups is 2. The fourth-order valence-corrected chi connectivity index (χ4v) is 3.13. The van der Waals surface area contributed by atoms with Gasteiger partial charge in [0.2, 0.25) is 6.04 Å². The van der Waals surface area contributed by atoms with Crippen LogP contribution in [0.4, 0.5) is 5.69 Å². The number of nitrogens with one attached hydrogen (secondary N) is 1. The third kappa shape index (κ3) is 3.53. The summed E-state index contributed by atoms with van der Waals surface area (Å²) in [7, 11) is 0. The summed E-state index contributed by atoms with van der Waals surface area (Å²) in [4.78, 5) is 24.0. The Morgan fingerprint density at radius 2 is 1.88 bits per heavy atom. The van der Waals surface area contributed by atoms with Gasteiger partial charge in [-0.2, -0.15) is 4.57 Å². The minimum atomic E-state index is -0.307. The second-order valence-electron chi connectivity index (χ2n) is 6.45. The molecule has 2 aromatic rings. The molecule has 0 saturated heterocycles. The average molecular weight is 323 g/mol. The molecule has 4 nitrogen and oxygen atoms in total. The van der Waals surface area contributed by atoms with Gasteiger partial charge in [0, 0.05) is 29.8 Å². The van der Waals surface area contributed by atoms with Crippen LogP contribution in [0.3, 0.4) is 0 Å². The zero-order valence-corrected chi connectivity index (χ0v) is 14.2. The van der Waals surface area contributed by atoms with Gasteiger partial charge >= 0.3 is 0 Å². The molecule has 0 unspecified atom stereocenters. The highest BCUT2D eigenvalue weighted by Gasteiger charge is 2.24. The number of aryl methyl sites for hydroxylation is 2. The standard InChI is InChI=1S/C20H22N2O2/c1-14(22-11-10-16-6-3-4-7-18(16)13-22)20(24)21-19-9-5-8-17(12-19)15(2)23/h5,8-14H,3-4,6-7H2,1-2H3/p+1/t14-/m0/s1. The number of fused-ring (bicyclic) bond motifs is 1. The number of carbonyl (C=O) groups excluding carboxylic acids is 2. The van der Waals surface area contributed by atoms with Gasteiger partial charge in [-0.25, -0.2) is 0 Å². The summed E-state index contributed by atoms with van der Waals surface area (Å²) in [5, 5.41) is 2.90. The molecule has 124 valence electrons. The Morgan fingerprint density at radius 3 is 2.62 bits per heavy atom. The van der Waals surface area contributed by atoms with Crippen molar-refractivity contribution >= 4 is 17.4 Å². The molecule has 0 fully saturated rings. The zero-order chi connectivity index (χ0) is 17.1. The zero-order valence-electron chi connectivity index (χ0n) is 14.2. The molecule has 0 saturated carbocycles. The van der Waals surface area contributed by atoms with E-state index in [1.165, 1.54) is 30.9 Å². The largest absolute Gasteiger partial charge is 0.320 e. The van der Waals surface area contributed by atoms with E-state index in [1.807, 2.05) is 17.7 Å². The van der Waals surface area contributed by atoms with E-state index in [0.29, 0.717) is 11.3 Å². The Balaban J connectivity index is 1.75. The molecular weight excluding hydrogens is 300 g/mol. The van der Waals surface area contributed by atoms with Crippen molar-refractivity contribution in [1.82, 2.24) is 0 Å². The van der Waals surface area contributed by atoms with Crippen molar-refractivity contribution in [2.75, 3.05) is 5.32 Å². The number of benzene rings is 1. The van der Waals surface area contributed by atoms with Crippen LogP contribution in [0.25, 0.3) is 0 Å². The number of pyridine rings is 1. The van der Waals surface area contributed by atoms with Crippen molar-refractivity contribution < 1.29 is 14.2 Å². The molecule has 1 aliphatic rings. The molecule has 1 amide bonds. The molecule has 3 rings (SSSR count). The topological polar surface area (TPSA) is 50.1 Å². The van der Waals surface area contributed by atoms with Gasteiger partial charge in [0.25, 0.3) is 5.91 Å². The third-order valence-electron chi connectivity index (χ3n) is 4.67.